The molecule has 2 aromatic carbocycles. The molecule has 4 aromatic rings. The van der Waals surface area contributed by atoms with Crippen molar-refractivity contribution in [2.24, 2.45) is 0 Å². The lowest BCUT2D eigenvalue weighted by atomic mass is 10.2. The molecular weight excluding hydrogens is 392 g/mol. The molecule has 2 aromatic heterocycles. The fourth-order valence-electron chi connectivity index (χ4n) is 2.85. The van der Waals surface area contributed by atoms with Gasteiger partial charge in [0.15, 0.2) is 0 Å². The van der Waals surface area contributed by atoms with Gasteiger partial charge in [0.1, 0.15) is 11.5 Å². The van der Waals surface area contributed by atoms with Crippen LogP contribution in [0.1, 0.15) is 0 Å². The molecule has 2 heterocycles. The topological polar surface area (TPSA) is 102 Å². The molecule has 29 heavy (non-hydrogen) atoms. The van der Waals surface area contributed by atoms with Gasteiger partial charge in [-0.25, -0.2) is 0 Å². The molecule has 0 saturated heterocycles. The average Bonchev–Trinajstić information content (AvgIpc) is 3.39. The van der Waals surface area contributed by atoms with Crippen molar-refractivity contribution in [3.63, 3.8) is 0 Å². The molecule has 1 amide bonds. The molecule has 0 atom stereocenters. The van der Waals surface area contributed by atoms with E-state index in [0.717, 1.165) is 28.2 Å². The van der Waals surface area contributed by atoms with E-state index < -0.39 is 0 Å². The van der Waals surface area contributed by atoms with Crippen molar-refractivity contribution in [3.05, 3.63) is 48.7 Å². The summed E-state index contributed by atoms with van der Waals surface area (Å²) in [5, 5.41) is 12.2. The van der Waals surface area contributed by atoms with Crippen LogP contribution in [0.5, 0.6) is 11.5 Å². The maximum absolute atomic E-state index is 12.3. The third-order valence-electron chi connectivity index (χ3n) is 4.23. The van der Waals surface area contributed by atoms with Crippen molar-refractivity contribution in [2.75, 3.05) is 25.3 Å². The van der Waals surface area contributed by atoms with E-state index in [-0.39, 0.29) is 11.7 Å². The van der Waals surface area contributed by atoms with E-state index in [4.69, 9.17) is 13.9 Å². The standard InChI is InChI=1S/C20H18N4O4S/c1-26-12-7-8-17(27-2)16(9-12)22-18(25)11-29-20-24-23-19(28-20)14-10-21-15-6-4-3-5-13(14)15/h3-10,21H,11H2,1-2H3,(H,22,25). The molecule has 2 N–H and O–H groups in total. The van der Waals surface area contributed by atoms with E-state index in [9.17, 15) is 4.79 Å². The highest BCUT2D eigenvalue weighted by atomic mass is 32.2. The molecule has 8 nitrogen and oxygen atoms in total. The maximum Gasteiger partial charge on any atom is 0.277 e. The predicted molar refractivity (Wildman–Crippen MR) is 110 cm³/mol. The average molecular weight is 410 g/mol. The maximum atomic E-state index is 12.3. The number of ether oxygens (including phenoxy) is 2. The van der Waals surface area contributed by atoms with Crippen molar-refractivity contribution < 1.29 is 18.7 Å². The first kappa shape index (κ1) is 18.9. The Morgan fingerprint density at radius 3 is 2.86 bits per heavy atom. The second kappa shape index (κ2) is 8.27. The highest BCUT2D eigenvalue weighted by Gasteiger charge is 2.15. The van der Waals surface area contributed by atoms with Crippen LogP contribution < -0.4 is 14.8 Å². The molecular formula is C20H18N4O4S. The van der Waals surface area contributed by atoms with Gasteiger partial charge in [-0.1, -0.05) is 30.0 Å². The highest BCUT2D eigenvalue weighted by molar-refractivity contribution is 7.99. The Morgan fingerprint density at radius 2 is 2.03 bits per heavy atom. The molecule has 0 spiro atoms. The van der Waals surface area contributed by atoms with Crippen LogP contribution in [-0.2, 0) is 4.79 Å². The number of anilines is 1. The lowest BCUT2D eigenvalue weighted by Crippen LogP contribution is -2.14. The number of carbonyl (C=O) groups is 1. The number of thioether (sulfide) groups is 1. The van der Waals surface area contributed by atoms with Gasteiger partial charge >= 0.3 is 0 Å². The van der Waals surface area contributed by atoms with Crippen LogP contribution in [0, 0.1) is 0 Å². The molecule has 0 aliphatic carbocycles. The number of nitrogens with zero attached hydrogens (tertiary/aromatic N) is 2. The monoisotopic (exact) mass is 410 g/mol. The first-order valence-electron chi connectivity index (χ1n) is 8.72. The molecule has 9 heteroatoms. The molecule has 0 bridgehead atoms. The third kappa shape index (κ3) is 4.04. The number of H-pyrrole nitrogens is 1. The summed E-state index contributed by atoms with van der Waals surface area (Å²) in [4.78, 5) is 15.5. The number of benzene rings is 2. The lowest BCUT2D eigenvalue weighted by molar-refractivity contribution is -0.113. The van der Waals surface area contributed by atoms with Gasteiger partial charge in [0.05, 0.1) is 31.2 Å². The SMILES string of the molecule is COc1ccc(OC)c(NC(=O)CSc2nnc(-c3c[nH]c4ccccc34)o2)c1. The van der Waals surface area contributed by atoms with Gasteiger partial charge < -0.3 is 24.2 Å². The predicted octanol–water partition coefficient (Wildman–Crippen LogP) is 3.97. The summed E-state index contributed by atoms with van der Waals surface area (Å²) < 4.78 is 16.2. The molecule has 0 aliphatic heterocycles. The second-order valence-corrected chi connectivity index (χ2v) is 6.95. The summed E-state index contributed by atoms with van der Waals surface area (Å²) in [6.07, 6.45) is 1.83. The van der Waals surface area contributed by atoms with E-state index in [0.29, 0.717) is 28.3 Å². The molecule has 4 rings (SSSR count). The van der Waals surface area contributed by atoms with Gasteiger partial charge in [0.2, 0.25) is 5.91 Å². The minimum Gasteiger partial charge on any atom is -0.497 e. The number of aromatic nitrogens is 3. The fourth-order valence-corrected chi connectivity index (χ4v) is 3.41. The number of hydrogen-bond acceptors (Lipinski definition) is 7. The zero-order chi connectivity index (χ0) is 20.2. The van der Waals surface area contributed by atoms with Crippen LogP contribution in [0.3, 0.4) is 0 Å². The van der Waals surface area contributed by atoms with E-state index in [1.807, 2.05) is 30.5 Å². The number of para-hydroxylation sites is 1. The van der Waals surface area contributed by atoms with Crippen LogP contribution in [-0.4, -0.2) is 41.1 Å². The largest absolute Gasteiger partial charge is 0.497 e. The first-order valence-corrected chi connectivity index (χ1v) is 9.71. The van der Waals surface area contributed by atoms with Crippen molar-refractivity contribution in [1.82, 2.24) is 15.2 Å². The van der Waals surface area contributed by atoms with Crippen LogP contribution in [0.4, 0.5) is 5.69 Å². The van der Waals surface area contributed by atoms with Crippen molar-refractivity contribution in [3.8, 4) is 23.0 Å². The summed E-state index contributed by atoms with van der Waals surface area (Å²) in [5.74, 6) is 1.45. The normalized spacial score (nSPS) is 10.8. The van der Waals surface area contributed by atoms with E-state index in [1.165, 1.54) is 7.11 Å². The Kier molecular flexibility index (Phi) is 5.39. The van der Waals surface area contributed by atoms with Crippen LogP contribution in [0.25, 0.3) is 22.4 Å². The second-order valence-electron chi connectivity index (χ2n) is 6.02. The molecule has 0 aliphatic rings. The smallest absolute Gasteiger partial charge is 0.277 e. The molecule has 0 radical (unpaired) electrons. The van der Waals surface area contributed by atoms with Crippen molar-refractivity contribution in [1.29, 1.82) is 0 Å². The number of amides is 1. The minimum absolute atomic E-state index is 0.107. The molecule has 0 saturated carbocycles. The summed E-state index contributed by atoms with van der Waals surface area (Å²) in [5.41, 5.74) is 2.34. The quantitative estimate of drug-likeness (QED) is 0.445. The zero-order valence-electron chi connectivity index (χ0n) is 15.8. The Hall–Kier alpha value is -3.46. The van der Waals surface area contributed by atoms with Gasteiger partial charge in [0.25, 0.3) is 11.1 Å². The Morgan fingerprint density at radius 1 is 1.17 bits per heavy atom. The first-order chi connectivity index (χ1) is 14.2. The zero-order valence-corrected chi connectivity index (χ0v) is 16.6. The van der Waals surface area contributed by atoms with Gasteiger partial charge in [-0.05, 0) is 18.2 Å². The minimum atomic E-state index is -0.228. The number of aromatic amines is 1. The van der Waals surface area contributed by atoms with E-state index in [1.54, 1.807) is 25.3 Å². The number of nitrogens with one attached hydrogen (secondary N) is 2. The molecule has 148 valence electrons. The number of hydrogen-bond donors (Lipinski definition) is 2. The van der Waals surface area contributed by atoms with Crippen molar-refractivity contribution >= 4 is 34.3 Å². The Labute approximate surface area is 170 Å². The van der Waals surface area contributed by atoms with Crippen molar-refractivity contribution in [2.45, 2.75) is 5.22 Å². The molecule has 0 unspecified atom stereocenters. The molecule has 0 fully saturated rings. The third-order valence-corrected chi connectivity index (χ3v) is 5.05. The number of rotatable bonds is 7. The van der Waals surface area contributed by atoms with Gasteiger partial charge in [-0.3, -0.25) is 4.79 Å². The van der Waals surface area contributed by atoms with Crippen LogP contribution in [0.15, 0.2) is 58.3 Å². The Balaban J connectivity index is 1.42. The summed E-state index contributed by atoms with van der Waals surface area (Å²) in [6, 6.07) is 13.0. The van der Waals surface area contributed by atoms with E-state index in [2.05, 4.69) is 20.5 Å². The number of carbonyl (C=O) groups excluding carboxylic acids is 1. The number of methoxy groups -OCH3 is 2. The van der Waals surface area contributed by atoms with E-state index >= 15 is 0 Å². The van der Waals surface area contributed by atoms with Crippen LogP contribution in [0.2, 0.25) is 0 Å². The summed E-state index contributed by atoms with van der Waals surface area (Å²) in [6.45, 7) is 0. The highest BCUT2D eigenvalue weighted by Crippen LogP contribution is 2.31. The van der Waals surface area contributed by atoms with Gasteiger partial charge in [-0.15, -0.1) is 10.2 Å². The summed E-state index contributed by atoms with van der Waals surface area (Å²) in [7, 11) is 3.10. The van der Waals surface area contributed by atoms with Gasteiger partial charge in [0, 0.05) is 23.2 Å². The lowest BCUT2D eigenvalue weighted by Gasteiger charge is -2.11. The Bertz CT molecular complexity index is 1150. The fraction of sp³-hybridized carbons (Fsp3) is 0.150. The van der Waals surface area contributed by atoms with Gasteiger partial charge in [-0.2, -0.15) is 0 Å². The number of fused-ring (bicyclic) bond motifs is 1. The summed E-state index contributed by atoms with van der Waals surface area (Å²) >= 11 is 1.16. The van der Waals surface area contributed by atoms with Crippen LogP contribution >= 0.6 is 11.8 Å².